The molecule has 1 saturated carbocycles. The van der Waals surface area contributed by atoms with Crippen LogP contribution in [0.5, 0.6) is 0 Å². The van der Waals surface area contributed by atoms with Gasteiger partial charge in [0, 0.05) is 6.10 Å². The third-order valence-electron chi connectivity index (χ3n) is 2.28. The molecule has 68 valence electrons. The van der Waals surface area contributed by atoms with E-state index in [2.05, 4.69) is 5.69 Å². The van der Waals surface area contributed by atoms with E-state index in [0.717, 1.165) is 12.8 Å². The highest BCUT2D eigenvalue weighted by Gasteiger charge is 2.27. The standard InChI is InChI=1S/C9H17NOSi/c1-12(2,8-10)11-9-6-4-3-5-7-9/h9H,3-7H2,1-2H3. The van der Waals surface area contributed by atoms with E-state index in [4.69, 9.17) is 9.69 Å². The van der Waals surface area contributed by atoms with Gasteiger partial charge in [-0.1, -0.05) is 19.3 Å². The highest BCUT2D eigenvalue weighted by Crippen LogP contribution is 2.23. The molecule has 0 spiro atoms. The minimum absolute atomic E-state index is 0.389. The molecule has 0 radical (unpaired) electrons. The molecule has 0 saturated heterocycles. The molecule has 0 unspecified atom stereocenters. The van der Waals surface area contributed by atoms with Crippen molar-refractivity contribution in [2.75, 3.05) is 0 Å². The molecule has 1 aliphatic carbocycles. The number of nitrogens with zero attached hydrogens (tertiary/aromatic N) is 1. The lowest BCUT2D eigenvalue weighted by Crippen LogP contribution is -2.35. The molecule has 0 aromatic heterocycles. The Bertz CT molecular complexity index is 179. The first-order valence-corrected chi connectivity index (χ1v) is 7.64. The molecule has 0 aromatic rings. The summed E-state index contributed by atoms with van der Waals surface area (Å²) in [5, 5.41) is 8.81. The second-order valence-electron chi connectivity index (χ2n) is 4.00. The molecule has 2 nitrogen and oxygen atoms in total. The van der Waals surface area contributed by atoms with Crippen LogP contribution in [0.3, 0.4) is 0 Å². The van der Waals surface area contributed by atoms with Gasteiger partial charge < -0.3 is 4.43 Å². The predicted molar refractivity (Wildman–Crippen MR) is 51.1 cm³/mol. The third-order valence-corrected chi connectivity index (χ3v) is 3.74. The Balaban J connectivity index is 2.35. The SMILES string of the molecule is C[Si](C)(C#N)OC1CCCCC1. The van der Waals surface area contributed by atoms with E-state index >= 15 is 0 Å². The summed E-state index contributed by atoms with van der Waals surface area (Å²) in [6.07, 6.45) is 6.62. The van der Waals surface area contributed by atoms with Crippen molar-refractivity contribution < 1.29 is 4.43 Å². The van der Waals surface area contributed by atoms with Crippen LogP contribution in [0.25, 0.3) is 0 Å². The van der Waals surface area contributed by atoms with Crippen molar-refractivity contribution in [1.29, 1.82) is 5.26 Å². The highest BCUT2D eigenvalue weighted by molar-refractivity contribution is 6.78. The molecule has 0 bridgehead atoms. The van der Waals surface area contributed by atoms with Gasteiger partial charge in [0.1, 0.15) is 0 Å². The van der Waals surface area contributed by atoms with Gasteiger partial charge in [-0.2, -0.15) is 0 Å². The van der Waals surface area contributed by atoms with Crippen molar-refractivity contribution in [2.45, 2.75) is 51.3 Å². The summed E-state index contributed by atoms with van der Waals surface area (Å²) >= 11 is 0. The van der Waals surface area contributed by atoms with Gasteiger partial charge in [-0.15, -0.1) is 0 Å². The smallest absolute Gasteiger partial charge is 0.300 e. The maximum absolute atomic E-state index is 8.81. The molecule has 0 heterocycles. The maximum Gasteiger partial charge on any atom is 0.300 e. The van der Waals surface area contributed by atoms with Gasteiger partial charge in [0.15, 0.2) is 0 Å². The quantitative estimate of drug-likeness (QED) is 0.616. The number of hydrogen-bond donors (Lipinski definition) is 0. The normalized spacial score (nSPS) is 20.4. The Morgan fingerprint density at radius 3 is 2.33 bits per heavy atom. The fourth-order valence-electron chi connectivity index (χ4n) is 1.63. The number of hydrogen-bond acceptors (Lipinski definition) is 2. The van der Waals surface area contributed by atoms with Crippen LogP contribution in [-0.2, 0) is 4.43 Å². The van der Waals surface area contributed by atoms with E-state index in [1.807, 2.05) is 13.1 Å². The van der Waals surface area contributed by atoms with Gasteiger partial charge in [0.25, 0.3) is 8.32 Å². The molecule has 0 N–H and O–H groups in total. The van der Waals surface area contributed by atoms with E-state index in [0.29, 0.717) is 6.10 Å². The average molecular weight is 183 g/mol. The Kier molecular flexibility index (Phi) is 3.30. The zero-order valence-electron chi connectivity index (χ0n) is 7.97. The van der Waals surface area contributed by atoms with Gasteiger partial charge in [-0.05, 0) is 25.9 Å². The summed E-state index contributed by atoms with van der Waals surface area (Å²) in [4.78, 5) is 0. The lowest BCUT2D eigenvalue weighted by Gasteiger charge is -2.27. The van der Waals surface area contributed by atoms with Gasteiger partial charge >= 0.3 is 0 Å². The lowest BCUT2D eigenvalue weighted by atomic mass is 9.98. The first-order valence-electron chi connectivity index (χ1n) is 4.73. The fourth-order valence-corrected chi connectivity index (χ4v) is 2.75. The highest BCUT2D eigenvalue weighted by atomic mass is 28.4. The Morgan fingerprint density at radius 1 is 1.25 bits per heavy atom. The molecule has 0 amide bonds. The monoisotopic (exact) mass is 183 g/mol. The number of nitriles is 1. The molecular formula is C9H17NOSi. The molecule has 0 aliphatic heterocycles. The predicted octanol–water partition coefficient (Wildman–Crippen LogP) is 2.60. The van der Waals surface area contributed by atoms with Gasteiger partial charge in [0.2, 0.25) is 0 Å². The minimum atomic E-state index is -1.96. The lowest BCUT2D eigenvalue weighted by molar-refractivity contribution is 0.150. The van der Waals surface area contributed by atoms with Crippen LogP contribution in [0.2, 0.25) is 13.1 Å². The van der Waals surface area contributed by atoms with Crippen molar-refractivity contribution >= 4 is 8.32 Å². The van der Waals surface area contributed by atoms with Crippen molar-refractivity contribution in [3.63, 3.8) is 0 Å². The summed E-state index contributed by atoms with van der Waals surface area (Å²) in [5.74, 6) is 0. The summed E-state index contributed by atoms with van der Waals surface area (Å²) in [7, 11) is -1.96. The molecule has 12 heavy (non-hydrogen) atoms. The van der Waals surface area contributed by atoms with Crippen LogP contribution in [-0.4, -0.2) is 14.4 Å². The Hall–Kier alpha value is -0.333. The Morgan fingerprint density at radius 2 is 1.83 bits per heavy atom. The van der Waals surface area contributed by atoms with Crippen LogP contribution in [0.15, 0.2) is 0 Å². The molecule has 1 fully saturated rings. The maximum atomic E-state index is 8.81. The molecule has 0 atom stereocenters. The van der Waals surface area contributed by atoms with Crippen LogP contribution >= 0.6 is 0 Å². The van der Waals surface area contributed by atoms with Crippen molar-refractivity contribution in [2.24, 2.45) is 0 Å². The van der Waals surface area contributed by atoms with Crippen LogP contribution in [0, 0.1) is 11.0 Å². The zero-order valence-corrected chi connectivity index (χ0v) is 8.97. The minimum Gasteiger partial charge on any atom is -0.401 e. The van der Waals surface area contributed by atoms with Crippen LogP contribution in [0.4, 0.5) is 0 Å². The summed E-state index contributed by atoms with van der Waals surface area (Å²) in [5.41, 5.74) is 2.31. The number of rotatable bonds is 2. The van der Waals surface area contributed by atoms with E-state index in [9.17, 15) is 0 Å². The van der Waals surface area contributed by atoms with Gasteiger partial charge in [0.05, 0.1) is 5.69 Å². The Labute approximate surface area is 75.7 Å². The van der Waals surface area contributed by atoms with Crippen molar-refractivity contribution in [3.8, 4) is 5.69 Å². The average Bonchev–Trinajstić information content (AvgIpc) is 2.06. The summed E-state index contributed by atoms with van der Waals surface area (Å²) < 4.78 is 5.81. The van der Waals surface area contributed by atoms with E-state index in [-0.39, 0.29) is 0 Å². The van der Waals surface area contributed by atoms with Crippen LogP contribution < -0.4 is 0 Å². The van der Waals surface area contributed by atoms with Gasteiger partial charge in [-0.3, -0.25) is 0 Å². The second-order valence-corrected chi connectivity index (χ2v) is 7.48. The van der Waals surface area contributed by atoms with Crippen molar-refractivity contribution in [3.05, 3.63) is 0 Å². The van der Waals surface area contributed by atoms with Crippen LogP contribution in [0.1, 0.15) is 32.1 Å². The first-order chi connectivity index (χ1) is 5.64. The first kappa shape index (κ1) is 9.75. The third kappa shape index (κ3) is 2.96. The van der Waals surface area contributed by atoms with E-state index in [1.165, 1.54) is 19.3 Å². The zero-order chi connectivity index (χ0) is 9.03. The topological polar surface area (TPSA) is 33.0 Å². The molecule has 0 aromatic carbocycles. The molecule has 1 rings (SSSR count). The second kappa shape index (κ2) is 4.06. The van der Waals surface area contributed by atoms with Gasteiger partial charge in [-0.25, -0.2) is 5.26 Å². The van der Waals surface area contributed by atoms with Crippen molar-refractivity contribution in [1.82, 2.24) is 0 Å². The molecule has 1 aliphatic rings. The molecular weight excluding hydrogens is 166 g/mol. The van der Waals surface area contributed by atoms with E-state index in [1.54, 1.807) is 0 Å². The summed E-state index contributed by atoms with van der Waals surface area (Å²) in [6, 6.07) is 0. The summed E-state index contributed by atoms with van der Waals surface area (Å²) in [6.45, 7) is 3.95. The van der Waals surface area contributed by atoms with E-state index < -0.39 is 8.32 Å². The molecule has 3 heteroatoms. The largest absolute Gasteiger partial charge is 0.401 e. The fraction of sp³-hybridized carbons (Fsp3) is 0.889.